The molecule has 0 spiro atoms. The molecule has 2 heterocycles. The Bertz CT molecular complexity index is 882. The maximum atomic E-state index is 13.2. The summed E-state index contributed by atoms with van der Waals surface area (Å²) in [5.74, 6) is 1.63. The number of nitrogens with zero attached hydrogens (tertiary/aromatic N) is 3. The highest BCUT2D eigenvalue weighted by atomic mass is 16.5. The van der Waals surface area contributed by atoms with Gasteiger partial charge in [-0.3, -0.25) is 9.59 Å². The SMILES string of the molecule is CCCCN1C(=O)CCC(C(=O)NCCCc2nc(C)no2)C1c1ccccc1OC. The molecule has 1 aliphatic heterocycles. The van der Waals surface area contributed by atoms with Crippen LogP contribution in [-0.2, 0) is 16.0 Å². The van der Waals surface area contributed by atoms with E-state index in [1.807, 2.05) is 29.2 Å². The van der Waals surface area contributed by atoms with Gasteiger partial charge >= 0.3 is 0 Å². The van der Waals surface area contributed by atoms with Gasteiger partial charge in [-0.25, -0.2) is 0 Å². The molecule has 1 fully saturated rings. The topological polar surface area (TPSA) is 97.6 Å². The van der Waals surface area contributed by atoms with Crippen molar-refractivity contribution < 1.29 is 18.8 Å². The molecule has 3 rings (SSSR count). The summed E-state index contributed by atoms with van der Waals surface area (Å²) in [6.07, 6.45) is 4.11. The van der Waals surface area contributed by atoms with Crippen molar-refractivity contribution in [1.82, 2.24) is 20.4 Å². The van der Waals surface area contributed by atoms with Gasteiger partial charge in [0, 0.05) is 31.5 Å². The van der Waals surface area contributed by atoms with E-state index in [1.165, 1.54) is 0 Å². The third kappa shape index (κ3) is 5.62. The Morgan fingerprint density at radius 3 is 2.84 bits per heavy atom. The lowest BCUT2D eigenvalue weighted by Gasteiger charge is -2.41. The van der Waals surface area contributed by atoms with E-state index >= 15 is 0 Å². The van der Waals surface area contributed by atoms with Crippen LogP contribution in [0.1, 0.15) is 62.3 Å². The van der Waals surface area contributed by atoms with Gasteiger partial charge in [-0.15, -0.1) is 0 Å². The molecule has 8 heteroatoms. The van der Waals surface area contributed by atoms with Crippen molar-refractivity contribution in [2.75, 3.05) is 20.2 Å². The summed E-state index contributed by atoms with van der Waals surface area (Å²) in [6, 6.07) is 7.34. The summed E-state index contributed by atoms with van der Waals surface area (Å²) in [5, 5.41) is 6.83. The van der Waals surface area contributed by atoms with Gasteiger partial charge in [0.25, 0.3) is 0 Å². The second kappa shape index (κ2) is 10.9. The molecule has 2 aromatic rings. The molecule has 1 N–H and O–H groups in total. The van der Waals surface area contributed by atoms with Crippen molar-refractivity contribution in [3.05, 3.63) is 41.5 Å². The van der Waals surface area contributed by atoms with Crippen molar-refractivity contribution in [3.63, 3.8) is 0 Å². The van der Waals surface area contributed by atoms with Gasteiger partial charge in [-0.1, -0.05) is 36.7 Å². The van der Waals surface area contributed by atoms with Crippen molar-refractivity contribution in [1.29, 1.82) is 0 Å². The number of aryl methyl sites for hydroxylation is 2. The number of piperidine rings is 1. The number of nitrogens with one attached hydrogen (secondary N) is 1. The van der Waals surface area contributed by atoms with E-state index in [2.05, 4.69) is 22.4 Å². The van der Waals surface area contributed by atoms with Crippen LogP contribution in [0.5, 0.6) is 5.75 Å². The molecule has 0 radical (unpaired) electrons. The summed E-state index contributed by atoms with van der Waals surface area (Å²) in [6.45, 7) is 5.03. The van der Waals surface area contributed by atoms with Crippen LogP contribution in [0, 0.1) is 12.8 Å². The zero-order valence-corrected chi connectivity index (χ0v) is 18.6. The van der Waals surface area contributed by atoms with Crippen LogP contribution in [0.15, 0.2) is 28.8 Å². The zero-order valence-electron chi connectivity index (χ0n) is 18.6. The van der Waals surface area contributed by atoms with Crippen LogP contribution in [-0.4, -0.2) is 47.1 Å². The molecule has 1 aromatic heterocycles. The van der Waals surface area contributed by atoms with E-state index in [-0.39, 0.29) is 23.8 Å². The normalized spacial score (nSPS) is 18.8. The number of unbranched alkanes of at least 4 members (excludes halogenated alkanes) is 1. The van der Waals surface area contributed by atoms with Crippen molar-refractivity contribution in [3.8, 4) is 5.75 Å². The van der Waals surface area contributed by atoms with Crippen LogP contribution in [0.25, 0.3) is 0 Å². The first kappa shape index (κ1) is 22.8. The average Bonchev–Trinajstić information content (AvgIpc) is 3.20. The van der Waals surface area contributed by atoms with Gasteiger partial charge in [0.05, 0.1) is 19.1 Å². The fourth-order valence-electron chi connectivity index (χ4n) is 4.14. The first-order valence-corrected chi connectivity index (χ1v) is 11.0. The van der Waals surface area contributed by atoms with E-state index in [9.17, 15) is 9.59 Å². The van der Waals surface area contributed by atoms with Crippen LogP contribution in [0.3, 0.4) is 0 Å². The van der Waals surface area contributed by atoms with Gasteiger partial charge in [-0.05, 0) is 32.3 Å². The van der Waals surface area contributed by atoms with E-state index in [1.54, 1.807) is 14.0 Å². The fourth-order valence-corrected chi connectivity index (χ4v) is 4.14. The molecule has 1 aliphatic rings. The summed E-state index contributed by atoms with van der Waals surface area (Å²) in [5.41, 5.74) is 0.885. The third-order valence-corrected chi connectivity index (χ3v) is 5.69. The maximum Gasteiger partial charge on any atom is 0.226 e. The Morgan fingerprint density at radius 2 is 2.13 bits per heavy atom. The molecule has 2 unspecified atom stereocenters. The maximum absolute atomic E-state index is 13.2. The number of aromatic nitrogens is 2. The predicted octanol–water partition coefficient (Wildman–Crippen LogP) is 3.22. The van der Waals surface area contributed by atoms with Crippen molar-refractivity contribution in [2.24, 2.45) is 5.92 Å². The molecule has 8 nitrogen and oxygen atoms in total. The Kier molecular flexibility index (Phi) is 8.03. The molecule has 31 heavy (non-hydrogen) atoms. The number of amides is 2. The van der Waals surface area contributed by atoms with E-state index < -0.39 is 0 Å². The average molecular weight is 429 g/mol. The highest BCUT2D eigenvalue weighted by Crippen LogP contribution is 2.40. The van der Waals surface area contributed by atoms with E-state index in [4.69, 9.17) is 9.26 Å². The van der Waals surface area contributed by atoms with Gasteiger partial charge in [0.1, 0.15) is 5.75 Å². The Labute approximate surface area is 183 Å². The smallest absolute Gasteiger partial charge is 0.226 e. The summed E-state index contributed by atoms with van der Waals surface area (Å²) in [7, 11) is 1.62. The standard InChI is InChI=1S/C23H32N4O4/c1-4-5-15-27-21(28)13-12-18(22(27)17-9-6-7-10-19(17)30-3)23(29)24-14-8-11-20-25-16(2)26-31-20/h6-7,9-10,18,22H,4-5,8,11-15H2,1-3H3,(H,24,29). The lowest BCUT2D eigenvalue weighted by atomic mass is 9.83. The van der Waals surface area contributed by atoms with Gasteiger partial charge in [0.2, 0.25) is 17.7 Å². The first-order valence-electron chi connectivity index (χ1n) is 11.0. The van der Waals surface area contributed by atoms with E-state index in [0.29, 0.717) is 56.2 Å². The minimum atomic E-state index is -0.331. The molecule has 2 amide bonds. The lowest BCUT2D eigenvalue weighted by molar-refractivity contribution is -0.143. The first-order chi connectivity index (χ1) is 15.0. The number of carbonyl (C=O) groups excluding carboxylic acids is 2. The number of hydrogen-bond donors (Lipinski definition) is 1. The largest absolute Gasteiger partial charge is 0.496 e. The second-order valence-electron chi connectivity index (χ2n) is 7.90. The summed E-state index contributed by atoms with van der Waals surface area (Å²) in [4.78, 5) is 32.0. The number of likely N-dealkylation sites (tertiary alicyclic amines) is 1. The molecule has 1 aromatic carbocycles. The van der Waals surface area contributed by atoms with E-state index in [0.717, 1.165) is 18.4 Å². The highest BCUT2D eigenvalue weighted by molar-refractivity contribution is 5.85. The Hall–Kier alpha value is -2.90. The zero-order chi connectivity index (χ0) is 22.2. The number of hydrogen-bond acceptors (Lipinski definition) is 6. The third-order valence-electron chi connectivity index (χ3n) is 5.69. The van der Waals surface area contributed by atoms with Crippen LogP contribution >= 0.6 is 0 Å². The number of ether oxygens (including phenoxy) is 1. The molecule has 0 bridgehead atoms. The number of benzene rings is 1. The molecule has 1 saturated heterocycles. The molecule has 0 aliphatic carbocycles. The molecular weight excluding hydrogens is 396 g/mol. The van der Waals surface area contributed by atoms with Gasteiger partial charge in [-0.2, -0.15) is 4.98 Å². The van der Waals surface area contributed by atoms with Crippen molar-refractivity contribution in [2.45, 2.75) is 58.4 Å². The second-order valence-corrected chi connectivity index (χ2v) is 7.90. The fraction of sp³-hybridized carbons (Fsp3) is 0.565. The Morgan fingerprint density at radius 1 is 1.32 bits per heavy atom. The minimum Gasteiger partial charge on any atom is -0.496 e. The Balaban J connectivity index is 1.73. The summed E-state index contributed by atoms with van der Waals surface area (Å²) < 4.78 is 10.7. The summed E-state index contributed by atoms with van der Waals surface area (Å²) >= 11 is 0. The molecule has 0 saturated carbocycles. The quantitative estimate of drug-likeness (QED) is 0.584. The molecule has 168 valence electrons. The molecular formula is C23H32N4O4. The van der Waals surface area contributed by atoms with Crippen LogP contribution < -0.4 is 10.1 Å². The van der Waals surface area contributed by atoms with Gasteiger partial charge < -0.3 is 19.5 Å². The highest BCUT2D eigenvalue weighted by Gasteiger charge is 2.41. The predicted molar refractivity (Wildman–Crippen MR) is 115 cm³/mol. The number of rotatable bonds is 10. The van der Waals surface area contributed by atoms with Crippen molar-refractivity contribution >= 4 is 11.8 Å². The lowest BCUT2D eigenvalue weighted by Crippen LogP contribution is -2.48. The number of para-hydroxylation sites is 1. The monoisotopic (exact) mass is 428 g/mol. The van der Waals surface area contributed by atoms with Crippen LogP contribution in [0.2, 0.25) is 0 Å². The number of methoxy groups -OCH3 is 1. The van der Waals surface area contributed by atoms with Gasteiger partial charge in [0.15, 0.2) is 5.82 Å². The molecule has 2 atom stereocenters. The minimum absolute atomic E-state index is 0.0355. The van der Waals surface area contributed by atoms with Crippen LogP contribution in [0.4, 0.5) is 0 Å². The number of carbonyl (C=O) groups is 2.